The minimum atomic E-state index is -0.422. The van der Waals surface area contributed by atoms with E-state index in [2.05, 4.69) is 11.1 Å². The summed E-state index contributed by atoms with van der Waals surface area (Å²) in [4.78, 5) is 29.2. The van der Waals surface area contributed by atoms with E-state index in [-0.39, 0.29) is 11.5 Å². The van der Waals surface area contributed by atoms with Gasteiger partial charge >= 0.3 is 0 Å². The fourth-order valence-corrected chi connectivity index (χ4v) is 2.72. The number of benzene rings is 2. The molecular formula is C21H17N3O2. The zero-order valence-corrected chi connectivity index (χ0v) is 14.3. The van der Waals surface area contributed by atoms with Crippen molar-refractivity contribution in [1.29, 1.82) is 5.26 Å². The Morgan fingerprint density at radius 1 is 1.08 bits per heavy atom. The second-order valence-corrected chi connectivity index (χ2v) is 5.95. The highest BCUT2D eigenvalue weighted by molar-refractivity contribution is 5.93. The number of aromatic amines is 1. The highest BCUT2D eigenvalue weighted by Gasteiger charge is 2.16. The fraction of sp³-hybridized carbons (Fsp3) is 0.0952. The van der Waals surface area contributed by atoms with Gasteiger partial charge in [-0.1, -0.05) is 42.5 Å². The minimum Gasteiger partial charge on any atom is -0.337 e. The SMILES string of the molecule is CN(Cc1cccc(C#N)c1)C(=O)c1ccc(-c2ccccc2)[nH]c1=O. The van der Waals surface area contributed by atoms with Crippen LogP contribution in [0.15, 0.2) is 71.5 Å². The van der Waals surface area contributed by atoms with Gasteiger partial charge in [0.05, 0.1) is 11.6 Å². The maximum Gasteiger partial charge on any atom is 0.261 e. The monoisotopic (exact) mass is 343 g/mol. The van der Waals surface area contributed by atoms with Gasteiger partial charge in [-0.15, -0.1) is 0 Å². The molecule has 1 amide bonds. The molecule has 26 heavy (non-hydrogen) atoms. The quantitative estimate of drug-likeness (QED) is 0.790. The number of aromatic nitrogens is 1. The van der Waals surface area contributed by atoms with Gasteiger partial charge in [-0.2, -0.15) is 5.26 Å². The summed E-state index contributed by atoms with van der Waals surface area (Å²) >= 11 is 0. The fourth-order valence-electron chi connectivity index (χ4n) is 2.72. The van der Waals surface area contributed by atoms with Crippen molar-refractivity contribution in [3.8, 4) is 17.3 Å². The van der Waals surface area contributed by atoms with Gasteiger partial charge in [0.1, 0.15) is 5.56 Å². The van der Waals surface area contributed by atoms with Crippen molar-refractivity contribution in [1.82, 2.24) is 9.88 Å². The van der Waals surface area contributed by atoms with Crippen LogP contribution in [-0.2, 0) is 6.54 Å². The molecule has 0 bridgehead atoms. The van der Waals surface area contributed by atoms with Crippen molar-refractivity contribution in [3.05, 3.63) is 93.8 Å². The molecule has 0 atom stereocenters. The summed E-state index contributed by atoms with van der Waals surface area (Å²) in [5.74, 6) is -0.367. The molecule has 0 radical (unpaired) electrons. The molecule has 0 saturated carbocycles. The van der Waals surface area contributed by atoms with Gasteiger partial charge in [-0.25, -0.2) is 0 Å². The molecule has 1 aromatic heterocycles. The van der Waals surface area contributed by atoms with Crippen LogP contribution in [0.5, 0.6) is 0 Å². The highest BCUT2D eigenvalue weighted by Crippen LogP contribution is 2.15. The van der Waals surface area contributed by atoms with Crippen LogP contribution in [0.3, 0.4) is 0 Å². The Balaban J connectivity index is 1.81. The van der Waals surface area contributed by atoms with Crippen LogP contribution in [0.2, 0.25) is 0 Å². The van der Waals surface area contributed by atoms with Crippen LogP contribution in [0.4, 0.5) is 0 Å². The number of nitrogens with one attached hydrogen (secondary N) is 1. The first-order valence-corrected chi connectivity index (χ1v) is 8.12. The Bertz CT molecular complexity index is 1030. The number of carbonyl (C=O) groups excluding carboxylic acids is 1. The lowest BCUT2D eigenvalue weighted by atomic mass is 10.1. The van der Waals surface area contributed by atoms with Gasteiger partial charge in [0.2, 0.25) is 0 Å². The summed E-state index contributed by atoms with van der Waals surface area (Å²) in [6.45, 7) is 0.314. The molecule has 3 rings (SSSR count). The van der Waals surface area contributed by atoms with E-state index >= 15 is 0 Å². The van der Waals surface area contributed by atoms with Crippen LogP contribution >= 0.6 is 0 Å². The van der Waals surface area contributed by atoms with Crippen molar-refractivity contribution in [2.45, 2.75) is 6.54 Å². The van der Waals surface area contributed by atoms with E-state index in [9.17, 15) is 9.59 Å². The normalized spacial score (nSPS) is 10.2. The van der Waals surface area contributed by atoms with E-state index in [4.69, 9.17) is 5.26 Å². The number of carbonyl (C=O) groups is 1. The molecule has 3 aromatic rings. The molecule has 0 spiro atoms. The molecule has 0 aliphatic heterocycles. The highest BCUT2D eigenvalue weighted by atomic mass is 16.2. The van der Waals surface area contributed by atoms with E-state index < -0.39 is 5.56 Å². The Labute approximate surface area is 151 Å². The van der Waals surface area contributed by atoms with Crippen LogP contribution < -0.4 is 5.56 Å². The van der Waals surface area contributed by atoms with Crippen molar-refractivity contribution in [2.75, 3.05) is 7.05 Å². The summed E-state index contributed by atoms with van der Waals surface area (Å²) < 4.78 is 0. The lowest BCUT2D eigenvalue weighted by Gasteiger charge is -2.17. The van der Waals surface area contributed by atoms with Gasteiger partial charge in [0.25, 0.3) is 11.5 Å². The number of nitrogens with zero attached hydrogens (tertiary/aromatic N) is 2. The molecule has 0 fully saturated rings. The number of hydrogen-bond donors (Lipinski definition) is 1. The maximum atomic E-state index is 12.6. The lowest BCUT2D eigenvalue weighted by molar-refractivity contribution is 0.0783. The average Bonchev–Trinajstić information content (AvgIpc) is 2.68. The molecule has 2 aromatic carbocycles. The third kappa shape index (κ3) is 3.70. The first kappa shape index (κ1) is 17.2. The van der Waals surface area contributed by atoms with Crippen LogP contribution in [0.1, 0.15) is 21.5 Å². The summed E-state index contributed by atoms with van der Waals surface area (Å²) in [5, 5.41) is 8.96. The number of rotatable bonds is 4. The Hall–Kier alpha value is -3.65. The van der Waals surface area contributed by atoms with Crippen molar-refractivity contribution >= 4 is 5.91 Å². The zero-order valence-electron chi connectivity index (χ0n) is 14.3. The first-order chi connectivity index (χ1) is 12.6. The average molecular weight is 343 g/mol. The lowest BCUT2D eigenvalue weighted by Crippen LogP contribution is -2.31. The van der Waals surface area contributed by atoms with E-state index in [1.54, 1.807) is 37.4 Å². The third-order valence-electron chi connectivity index (χ3n) is 4.05. The second kappa shape index (κ2) is 7.49. The third-order valence-corrected chi connectivity index (χ3v) is 4.05. The van der Waals surface area contributed by atoms with Crippen molar-refractivity contribution in [2.24, 2.45) is 0 Å². The molecule has 0 aliphatic carbocycles. The Morgan fingerprint density at radius 3 is 2.54 bits per heavy atom. The van der Waals surface area contributed by atoms with Gasteiger partial charge in [-0.05, 0) is 35.4 Å². The van der Waals surface area contributed by atoms with Crippen LogP contribution in [-0.4, -0.2) is 22.8 Å². The van der Waals surface area contributed by atoms with E-state index in [1.165, 1.54) is 4.90 Å². The predicted octanol–water partition coefficient (Wildman–Crippen LogP) is 3.19. The smallest absolute Gasteiger partial charge is 0.261 e. The topological polar surface area (TPSA) is 77.0 Å². The summed E-state index contributed by atoms with van der Waals surface area (Å²) in [5.41, 5.74) is 2.57. The number of amides is 1. The zero-order chi connectivity index (χ0) is 18.5. The van der Waals surface area contributed by atoms with Crippen molar-refractivity contribution in [3.63, 3.8) is 0 Å². The van der Waals surface area contributed by atoms with E-state index in [1.807, 2.05) is 36.4 Å². The molecule has 0 unspecified atom stereocenters. The van der Waals surface area contributed by atoms with Gasteiger partial charge in [-0.3, -0.25) is 9.59 Å². The molecule has 0 saturated heterocycles. The molecule has 1 N–H and O–H groups in total. The Morgan fingerprint density at radius 2 is 1.85 bits per heavy atom. The number of nitriles is 1. The van der Waals surface area contributed by atoms with Gasteiger partial charge in [0.15, 0.2) is 0 Å². The summed E-state index contributed by atoms with van der Waals surface area (Å²) in [6, 6.07) is 21.8. The first-order valence-electron chi connectivity index (χ1n) is 8.12. The predicted molar refractivity (Wildman–Crippen MR) is 99.5 cm³/mol. The van der Waals surface area contributed by atoms with Gasteiger partial charge in [0, 0.05) is 19.3 Å². The molecule has 5 nitrogen and oxygen atoms in total. The maximum absolute atomic E-state index is 12.6. The summed E-state index contributed by atoms with van der Waals surface area (Å²) in [7, 11) is 1.63. The molecule has 128 valence electrons. The van der Waals surface area contributed by atoms with Gasteiger partial charge < -0.3 is 9.88 Å². The minimum absolute atomic E-state index is 0.0867. The molecule has 0 aliphatic rings. The van der Waals surface area contributed by atoms with Crippen molar-refractivity contribution < 1.29 is 4.79 Å². The molecular weight excluding hydrogens is 326 g/mol. The number of pyridine rings is 1. The Kier molecular flexibility index (Phi) is 4.95. The second-order valence-electron chi connectivity index (χ2n) is 5.95. The standard InChI is InChI=1S/C21H17N3O2/c1-24(14-16-7-5-6-15(12-16)13-22)21(26)18-10-11-19(23-20(18)25)17-8-3-2-4-9-17/h2-12H,14H2,1H3,(H,23,25). The summed E-state index contributed by atoms with van der Waals surface area (Å²) in [6.07, 6.45) is 0. The van der Waals surface area contributed by atoms with Crippen LogP contribution in [0, 0.1) is 11.3 Å². The number of H-pyrrole nitrogens is 1. The number of hydrogen-bond acceptors (Lipinski definition) is 3. The molecule has 5 heteroatoms. The van der Waals surface area contributed by atoms with E-state index in [0.717, 1.165) is 11.1 Å². The largest absolute Gasteiger partial charge is 0.337 e. The van der Waals surface area contributed by atoms with Crippen LogP contribution in [0.25, 0.3) is 11.3 Å². The van der Waals surface area contributed by atoms with E-state index in [0.29, 0.717) is 17.8 Å². The molecule has 1 heterocycles.